The molecule has 2 bridgehead atoms. The van der Waals surface area contributed by atoms with Gasteiger partial charge in [-0.1, -0.05) is 29.9 Å². The maximum Gasteiger partial charge on any atom is 0.244 e. The molecule has 0 aromatic carbocycles. The summed E-state index contributed by atoms with van der Waals surface area (Å²) in [6.07, 6.45) is 7.95. The second kappa shape index (κ2) is 8.32. The molecule has 2 heterocycles. The van der Waals surface area contributed by atoms with Gasteiger partial charge in [0.05, 0.1) is 6.04 Å². The van der Waals surface area contributed by atoms with Gasteiger partial charge in [0, 0.05) is 32.2 Å². The van der Waals surface area contributed by atoms with Crippen LogP contribution in [0.1, 0.15) is 52.9 Å². The van der Waals surface area contributed by atoms with E-state index in [1.54, 1.807) is 5.57 Å². The van der Waals surface area contributed by atoms with Gasteiger partial charge in [0.1, 0.15) is 0 Å². The SMILES string of the molecule is CC1CC2=CCCC(C(C(=O)Nc3nnc(N)s3)N3CCN(C(C)C)CC3)(C2)C1. The van der Waals surface area contributed by atoms with Crippen LogP contribution in [0.25, 0.3) is 0 Å². The van der Waals surface area contributed by atoms with E-state index in [4.69, 9.17) is 5.73 Å². The highest BCUT2D eigenvalue weighted by atomic mass is 32.1. The predicted molar refractivity (Wildman–Crippen MR) is 118 cm³/mol. The molecule has 1 aromatic heterocycles. The van der Waals surface area contributed by atoms with Crippen LogP contribution in [0.3, 0.4) is 0 Å². The van der Waals surface area contributed by atoms with Crippen LogP contribution in [-0.4, -0.2) is 64.2 Å². The summed E-state index contributed by atoms with van der Waals surface area (Å²) in [4.78, 5) is 18.6. The van der Waals surface area contributed by atoms with Crippen molar-refractivity contribution < 1.29 is 4.79 Å². The van der Waals surface area contributed by atoms with Gasteiger partial charge >= 0.3 is 0 Å². The Hall–Kier alpha value is -1.51. The van der Waals surface area contributed by atoms with Crippen molar-refractivity contribution in [2.75, 3.05) is 37.2 Å². The van der Waals surface area contributed by atoms with Crippen molar-refractivity contribution >= 4 is 27.5 Å². The summed E-state index contributed by atoms with van der Waals surface area (Å²) < 4.78 is 0. The van der Waals surface area contributed by atoms with Crippen LogP contribution in [0.5, 0.6) is 0 Å². The summed E-state index contributed by atoms with van der Waals surface area (Å²) in [5.41, 5.74) is 7.29. The topological polar surface area (TPSA) is 87.4 Å². The molecule has 1 aromatic rings. The summed E-state index contributed by atoms with van der Waals surface area (Å²) >= 11 is 1.24. The lowest BCUT2D eigenvalue weighted by Crippen LogP contribution is -2.61. The molecular formula is C21H34N6OS. The third-order valence-electron chi connectivity index (χ3n) is 6.96. The van der Waals surface area contributed by atoms with Gasteiger partial charge in [0.25, 0.3) is 0 Å². The quantitative estimate of drug-likeness (QED) is 0.715. The van der Waals surface area contributed by atoms with Gasteiger partial charge in [-0.15, -0.1) is 10.2 Å². The number of rotatable bonds is 5. The zero-order valence-electron chi connectivity index (χ0n) is 17.9. The molecule has 1 saturated carbocycles. The minimum absolute atomic E-state index is 0.0159. The number of piperazine rings is 1. The molecule has 3 N–H and O–H groups in total. The minimum Gasteiger partial charge on any atom is -0.374 e. The second-order valence-electron chi connectivity index (χ2n) is 9.46. The number of fused-ring (bicyclic) bond motifs is 2. The summed E-state index contributed by atoms with van der Waals surface area (Å²) in [6, 6.07) is 0.416. The minimum atomic E-state index is -0.131. The average molecular weight is 419 g/mol. The number of anilines is 2. The van der Waals surface area contributed by atoms with Gasteiger partial charge < -0.3 is 5.73 Å². The Morgan fingerprint density at radius 1 is 1.28 bits per heavy atom. The molecule has 0 spiro atoms. The van der Waals surface area contributed by atoms with Crippen molar-refractivity contribution in [2.45, 2.75) is 65.0 Å². The van der Waals surface area contributed by atoms with Crippen LogP contribution in [-0.2, 0) is 4.79 Å². The van der Waals surface area contributed by atoms with Crippen molar-refractivity contribution in [3.8, 4) is 0 Å². The number of aromatic nitrogens is 2. The van der Waals surface area contributed by atoms with E-state index in [1.165, 1.54) is 17.8 Å². The lowest BCUT2D eigenvalue weighted by molar-refractivity contribution is -0.130. The molecule has 3 unspecified atom stereocenters. The highest BCUT2D eigenvalue weighted by Gasteiger charge is 2.50. The van der Waals surface area contributed by atoms with Crippen molar-refractivity contribution in [3.05, 3.63) is 11.6 Å². The normalized spacial score (nSPS) is 29.5. The standard InChI is InChI=1S/C21H34N6OS/c1-14(2)26-7-9-27(10-8-26)17(18(28)23-20-25-24-19(22)29-20)21-6-4-5-16(13-21)11-15(3)12-21/h5,14-15,17H,4,6-13H2,1-3H3,(H2,22,24)(H,23,25,28). The molecule has 160 valence electrons. The van der Waals surface area contributed by atoms with Crippen LogP contribution in [0.2, 0.25) is 0 Å². The largest absolute Gasteiger partial charge is 0.374 e. The fraction of sp³-hybridized carbons (Fsp3) is 0.762. The second-order valence-corrected chi connectivity index (χ2v) is 10.5. The van der Waals surface area contributed by atoms with Gasteiger partial charge in [-0.25, -0.2) is 0 Å². The first kappa shape index (κ1) is 20.8. The summed E-state index contributed by atoms with van der Waals surface area (Å²) in [5.74, 6) is 0.689. The first-order valence-electron chi connectivity index (χ1n) is 10.9. The molecule has 3 atom stereocenters. The summed E-state index contributed by atoms with van der Waals surface area (Å²) in [7, 11) is 0. The maximum atomic E-state index is 13.6. The molecule has 29 heavy (non-hydrogen) atoms. The molecular weight excluding hydrogens is 384 g/mol. The number of nitrogens with two attached hydrogens (primary N) is 1. The monoisotopic (exact) mass is 418 g/mol. The van der Waals surface area contributed by atoms with Gasteiger partial charge in [-0.3, -0.25) is 19.9 Å². The van der Waals surface area contributed by atoms with Crippen LogP contribution >= 0.6 is 11.3 Å². The lowest BCUT2D eigenvalue weighted by Gasteiger charge is -2.52. The number of carbonyl (C=O) groups is 1. The number of hydrogen-bond donors (Lipinski definition) is 2. The Morgan fingerprint density at radius 2 is 2.00 bits per heavy atom. The van der Waals surface area contributed by atoms with Crippen LogP contribution in [0.4, 0.5) is 10.3 Å². The van der Waals surface area contributed by atoms with E-state index < -0.39 is 0 Å². The maximum absolute atomic E-state index is 13.6. The highest BCUT2D eigenvalue weighted by Crippen LogP contribution is 2.52. The number of allylic oxidation sites excluding steroid dienone is 2. The molecule has 4 rings (SSSR count). The number of hydrogen-bond acceptors (Lipinski definition) is 7. The predicted octanol–water partition coefficient (Wildman–Crippen LogP) is 2.98. The molecule has 1 aliphatic heterocycles. The first-order valence-corrected chi connectivity index (χ1v) is 11.7. The van der Waals surface area contributed by atoms with E-state index in [0.717, 1.165) is 51.9 Å². The Morgan fingerprint density at radius 3 is 2.66 bits per heavy atom. The smallest absolute Gasteiger partial charge is 0.244 e. The first-order chi connectivity index (χ1) is 13.9. The molecule has 0 radical (unpaired) electrons. The van der Waals surface area contributed by atoms with E-state index in [1.807, 2.05) is 0 Å². The number of nitrogen functional groups attached to an aromatic ring is 1. The number of carbonyl (C=O) groups excluding carboxylic acids is 1. The number of nitrogens with zero attached hydrogens (tertiary/aromatic N) is 4. The summed E-state index contributed by atoms with van der Waals surface area (Å²) in [5, 5.41) is 11.8. The fourth-order valence-electron chi connectivity index (χ4n) is 5.87. The van der Waals surface area contributed by atoms with Crippen LogP contribution in [0.15, 0.2) is 11.6 Å². The zero-order chi connectivity index (χ0) is 20.6. The van der Waals surface area contributed by atoms with E-state index in [-0.39, 0.29) is 17.4 Å². The van der Waals surface area contributed by atoms with Gasteiger partial charge in [-0.2, -0.15) is 0 Å². The van der Waals surface area contributed by atoms with Crippen molar-refractivity contribution in [1.82, 2.24) is 20.0 Å². The van der Waals surface area contributed by atoms with E-state index in [2.05, 4.69) is 52.2 Å². The van der Waals surface area contributed by atoms with Gasteiger partial charge in [-0.05, 0) is 57.3 Å². The molecule has 2 aliphatic carbocycles. The summed E-state index contributed by atoms with van der Waals surface area (Å²) in [6.45, 7) is 10.7. The molecule has 1 amide bonds. The van der Waals surface area contributed by atoms with Gasteiger partial charge in [0.2, 0.25) is 16.2 Å². The third kappa shape index (κ3) is 4.34. The van der Waals surface area contributed by atoms with E-state index >= 15 is 0 Å². The van der Waals surface area contributed by atoms with Gasteiger partial charge in [0.15, 0.2) is 0 Å². The van der Waals surface area contributed by atoms with Crippen LogP contribution < -0.4 is 11.1 Å². The lowest BCUT2D eigenvalue weighted by atomic mass is 9.59. The van der Waals surface area contributed by atoms with Crippen molar-refractivity contribution in [3.63, 3.8) is 0 Å². The number of nitrogens with one attached hydrogen (secondary N) is 1. The Labute approximate surface area is 177 Å². The number of amides is 1. The zero-order valence-corrected chi connectivity index (χ0v) is 18.7. The Kier molecular flexibility index (Phi) is 5.95. The third-order valence-corrected chi connectivity index (χ3v) is 7.63. The molecule has 8 heteroatoms. The van der Waals surface area contributed by atoms with Crippen molar-refractivity contribution in [2.24, 2.45) is 11.3 Å². The van der Waals surface area contributed by atoms with E-state index in [9.17, 15) is 4.79 Å². The fourth-order valence-corrected chi connectivity index (χ4v) is 6.38. The Balaban J connectivity index is 1.60. The molecule has 1 saturated heterocycles. The molecule has 7 nitrogen and oxygen atoms in total. The molecule has 2 fully saturated rings. The van der Waals surface area contributed by atoms with E-state index in [0.29, 0.717) is 22.2 Å². The van der Waals surface area contributed by atoms with Crippen LogP contribution in [0, 0.1) is 11.3 Å². The molecule has 3 aliphatic rings. The van der Waals surface area contributed by atoms with Crippen molar-refractivity contribution in [1.29, 1.82) is 0 Å². The Bertz CT molecular complexity index is 769. The average Bonchev–Trinajstić information content (AvgIpc) is 3.06. The highest BCUT2D eigenvalue weighted by molar-refractivity contribution is 7.18.